The van der Waals surface area contributed by atoms with Gasteiger partial charge in [-0.15, -0.1) is 0 Å². The molecule has 33 heavy (non-hydrogen) atoms. The Bertz CT molecular complexity index is 1040. The minimum absolute atomic E-state index is 0.0601. The SMILES string of the molecule is COc1ccc(CCNC(=O)CN(C2CCCCC2)S(=O)(=O)c2ccc(OC)c(Cl)c2)cc1. The summed E-state index contributed by atoms with van der Waals surface area (Å²) in [6.07, 6.45) is 5.08. The molecule has 7 nitrogen and oxygen atoms in total. The molecule has 0 spiro atoms. The minimum Gasteiger partial charge on any atom is -0.497 e. The van der Waals surface area contributed by atoms with E-state index in [0.29, 0.717) is 18.7 Å². The van der Waals surface area contributed by atoms with E-state index < -0.39 is 10.0 Å². The number of nitrogens with zero attached hydrogens (tertiary/aromatic N) is 1. The molecule has 3 rings (SSSR count). The maximum atomic E-state index is 13.5. The fourth-order valence-electron chi connectivity index (χ4n) is 4.06. The van der Waals surface area contributed by atoms with Crippen LogP contribution in [0.5, 0.6) is 11.5 Å². The number of rotatable bonds is 10. The van der Waals surface area contributed by atoms with Crippen molar-refractivity contribution in [1.82, 2.24) is 9.62 Å². The molecule has 1 aliphatic rings. The lowest BCUT2D eigenvalue weighted by atomic mass is 9.95. The molecule has 1 amide bonds. The van der Waals surface area contributed by atoms with Crippen LogP contribution in [0.15, 0.2) is 47.4 Å². The summed E-state index contributed by atoms with van der Waals surface area (Å²) in [4.78, 5) is 12.8. The van der Waals surface area contributed by atoms with Crippen molar-refractivity contribution in [2.45, 2.75) is 49.5 Å². The molecule has 0 heterocycles. The van der Waals surface area contributed by atoms with E-state index in [4.69, 9.17) is 21.1 Å². The highest BCUT2D eigenvalue weighted by Crippen LogP contribution is 2.31. The van der Waals surface area contributed by atoms with Crippen molar-refractivity contribution in [3.63, 3.8) is 0 Å². The number of methoxy groups -OCH3 is 2. The number of amides is 1. The Kier molecular flexibility index (Phi) is 9.00. The third kappa shape index (κ3) is 6.62. The smallest absolute Gasteiger partial charge is 0.243 e. The second kappa shape index (κ2) is 11.7. The molecule has 1 fully saturated rings. The van der Waals surface area contributed by atoms with Gasteiger partial charge in [-0.05, 0) is 55.2 Å². The summed E-state index contributed by atoms with van der Waals surface area (Å²) in [5, 5.41) is 3.07. The van der Waals surface area contributed by atoms with E-state index in [2.05, 4.69) is 5.32 Å². The number of ether oxygens (including phenoxy) is 2. The molecule has 0 atom stereocenters. The zero-order chi connectivity index (χ0) is 23.8. The Hall–Kier alpha value is -2.29. The first-order chi connectivity index (χ1) is 15.8. The average molecular weight is 495 g/mol. The number of benzene rings is 2. The summed E-state index contributed by atoms with van der Waals surface area (Å²) in [5.74, 6) is 0.850. The minimum atomic E-state index is -3.91. The molecule has 180 valence electrons. The van der Waals surface area contributed by atoms with Crippen molar-refractivity contribution >= 4 is 27.5 Å². The van der Waals surface area contributed by atoms with Crippen molar-refractivity contribution in [3.8, 4) is 11.5 Å². The summed E-state index contributed by atoms with van der Waals surface area (Å²) in [6.45, 7) is 0.192. The molecule has 9 heteroatoms. The van der Waals surface area contributed by atoms with Crippen LogP contribution >= 0.6 is 11.6 Å². The zero-order valence-corrected chi connectivity index (χ0v) is 20.6. The fourth-order valence-corrected chi connectivity index (χ4v) is 6.05. The third-order valence-electron chi connectivity index (χ3n) is 5.91. The molecule has 1 N–H and O–H groups in total. The Morgan fingerprint density at radius 3 is 2.36 bits per heavy atom. The number of nitrogens with one attached hydrogen (secondary N) is 1. The van der Waals surface area contributed by atoms with Crippen molar-refractivity contribution in [2.24, 2.45) is 0 Å². The van der Waals surface area contributed by atoms with Crippen molar-refractivity contribution in [2.75, 3.05) is 27.3 Å². The van der Waals surface area contributed by atoms with Gasteiger partial charge in [0.25, 0.3) is 0 Å². The largest absolute Gasteiger partial charge is 0.497 e. The lowest BCUT2D eigenvalue weighted by Crippen LogP contribution is -2.47. The Morgan fingerprint density at radius 1 is 1.06 bits per heavy atom. The van der Waals surface area contributed by atoms with E-state index in [-0.39, 0.29) is 28.4 Å². The lowest BCUT2D eigenvalue weighted by molar-refractivity contribution is -0.121. The van der Waals surface area contributed by atoms with Crippen LogP contribution in [0.1, 0.15) is 37.7 Å². The van der Waals surface area contributed by atoms with Gasteiger partial charge < -0.3 is 14.8 Å². The Balaban J connectivity index is 1.70. The molecule has 2 aromatic rings. The fraction of sp³-hybridized carbons (Fsp3) is 0.458. The number of carbonyl (C=O) groups excluding carboxylic acids is 1. The highest BCUT2D eigenvalue weighted by Gasteiger charge is 2.34. The second-order valence-electron chi connectivity index (χ2n) is 8.09. The van der Waals surface area contributed by atoms with E-state index in [0.717, 1.165) is 43.4 Å². The van der Waals surface area contributed by atoms with Crippen LogP contribution in [-0.2, 0) is 21.2 Å². The highest BCUT2D eigenvalue weighted by molar-refractivity contribution is 7.89. The van der Waals surface area contributed by atoms with Crippen molar-refractivity contribution in [3.05, 3.63) is 53.1 Å². The molecule has 0 saturated heterocycles. The molecular weight excluding hydrogens is 464 g/mol. The summed E-state index contributed by atoms with van der Waals surface area (Å²) in [6, 6.07) is 11.8. The Morgan fingerprint density at radius 2 is 1.76 bits per heavy atom. The van der Waals surface area contributed by atoms with Crippen LogP contribution in [0.3, 0.4) is 0 Å². The molecule has 0 radical (unpaired) electrons. The van der Waals surface area contributed by atoms with Crippen LogP contribution in [0.4, 0.5) is 0 Å². The van der Waals surface area contributed by atoms with Crippen molar-refractivity contribution < 1.29 is 22.7 Å². The van der Waals surface area contributed by atoms with Gasteiger partial charge >= 0.3 is 0 Å². The predicted molar refractivity (Wildman–Crippen MR) is 128 cm³/mol. The molecule has 1 aliphatic carbocycles. The summed E-state index contributed by atoms with van der Waals surface area (Å²) >= 11 is 6.18. The Labute approximate surface area is 201 Å². The van der Waals surface area contributed by atoms with Gasteiger partial charge in [-0.3, -0.25) is 4.79 Å². The van der Waals surface area contributed by atoms with Gasteiger partial charge in [0.05, 0.1) is 30.7 Å². The molecule has 1 saturated carbocycles. The van der Waals surface area contributed by atoms with Crippen LogP contribution in [-0.4, -0.2) is 52.0 Å². The molecule has 0 aromatic heterocycles. The van der Waals surface area contributed by atoms with E-state index in [1.165, 1.54) is 29.6 Å². The summed E-state index contributed by atoms with van der Waals surface area (Å²) < 4.78 is 38.6. The first-order valence-corrected chi connectivity index (χ1v) is 12.9. The van der Waals surface area contributed by atoms with E-state index >= 15 is 0 Å². The standard InChI is InChI=1S/C24H31ClN2O5S/c1-31-20-10-8-18(9-11-20)14-15-26-24(28)17-27(19-6-4-3-5-7-19)33(29,30)21-12-13-23(32-2)22(25)16-21/h8-13,16,19H,3-7,14-15,17H2,1-2H3,(H,26,28). The van der Waals surface area contributed by atoms with E-state index in [9.17, 15) is 13.2 Å². The first-order valence-electron chi connectivity index (χ1n) is 11.1. The van der Waals surface area contributed by atoms with Gasteiger partial charge in [-0.2, -0.15) is 4.31 Å². The number of carbonyl (C=O) groups is 1. The lowest BCUT2D eigenvalue weighted by Gasteiger charge is -2.33. The molecule has 0 unspecified atom stereocenters. The van der Waals surface area contributed by atoms with Gasteiger partial charge in [0.15, 0.2) is 0 Å². The molecular formula is C24H31ClN2O5S. The van der Waals surface area contributed by atoms with Crippen molar-refractivity contribution in [1.29, 1.82) is 0 Å². The highest BCUT2D eigenvalue weighted by atomic mass is 35.5. The summed E-state index contributed by atoms with van der Waals surface area (Å²) in [7, 11) is -0.825. The van der Waals surface area contributed by atoms with Crippen LogP contribution in [0.2, 0.25) is 5.02 Å². The second-order valence-corrected chi connectivity index (χ2v) is 10.4. The third-order valence-corrected chi connectivity index (χ3v) is 8.10. The number of hydrogen-bond donors (Lipinski definition) is 1. The van der Waals surface area contributed by atoms with Gasteiger partial charge in [0.2, 0.25) is 15.9 Å². The molecule has 0 aliphatic heterocycles. The maximum absolute atomic E-state index is 13.5. The zero-order valence-electron chi connectivity index (χ0n) is 19.1. The van der Waals surface area contributed by atoms with Gasteiger partial charge in [0.1, 0.15) is 11.5 Å². The van der Waals surface area contributed by atoms with E-state index in [1.807, 2.05) is 24.3 Å². The number of halogens is 1. The summed E-state index contributed by atoms with van der Waals surface area (Å²) in [5.41, 5.74) is 1.06. The van der Waals surface area contributed by atoms with E-state index in [1.54, 1.807) is 7.11 Å². The molecule has 0 bridgehead atoms. The van der Waals surface area contributed by atoms with Crippen LogP contribution < -0.4 is 14.8 Å². The monoisotopic (exact) mass is 494 g/mol. The van der Waals surface area contributed by atoms with Gasteiger partial charge in [-0.1, -0.05) is 43.0 Å². The van der Waals surface area contributed by atoms with Crippen LogP contribution in [0.25, 0.3) is 0 Å². The normalized spacial score (nSPS) is 14.8. The predicted octanol–water partition coefficient (Wildman–Crippen LogP) is 4.04. The quantitative estimate of drug-likeness (QED) is 0.538. The maximum Gasteiger partial charge on any atom is 0.243 e. The average Bonchev–Trinajstić information content (AvgIpc) is 2.83. The van der Waals surface area contributed by atoms with Crippen LogP contribution in [0, 0.1) is 0 Å². The van der Waals surface area contributed by atoms with Gasteiger partial charge in [0, 0.05) is 12.6 Å². The molecule has 2 aromatic carbocycles. The first kappa shape index (κ1) is 25.3. The van der Waals surface area contributed by atoms with Gasteiger partial charge in [-0.25, -0.2) is 8.42 Å². The topological polar surface area (TPSA) is 84.9 Å². The number of hydrogen-bond acceptors (Lipinski definition) is 5. The number of sulfonamides is 1.